The maximum absolute atomic E-state index is 4.02. The molecule has 0 aromatic heterocycles. The monoisotopic (exact) mass is 265 g/mol. The zero-order chi connectivity index (χ0) is 13.9. The summed E-state index contributed by atoms with van der Waals surface area (Å²) in [4.78, 5) is 0. The fraction of sp³-hybridized carbons (Fsp3) is 1.00. The molecule has 0 radical (unpaired) electrons. The van der Waals surface area contributed by atoms with Crippen LogP contribution < -0.4 is 5.32 Å². The van der Waals surface area contributed by atoms with Crippen molar-refractivity contribution in [3.8, 4) is 0 Å². The van der Waals surface area contributed by atoms with Crippen LogP contribution in [0.15, 0.2) is 0 Å². The molecule has 3 atom stereocenters. The Kier molecular flexibility index (Phi) is 5.34. The first-order chi connectivity index (χ1) is 8.94. The van der Waals surface area contributed by atoms with Crippen LogP contribution >= 0.6 is 0 Å². The van der Waals surface area contributed by atoms with Crippen LogP contribution in [0.2, 0.25) is 0 Å². The summed E-state index contributed by atoms with van der Waals surface area (Å²) in [5.74, 6) is 1.86. The molecule has 0 aliphatic heterocycles. The van der Waals surface area contributed by atoms with Gasteiger partial charge in [-0.1, -0.05) is 47.0 Å². The third-order valence-corrected chi connectivity index (χ3v) is 5.26. The Morgan fingerprint density at radius 1 is 1.05 bits per heavy atom. The number of hydrogen-bond acceptors (Lipinski definition) is 1. The summed E-state index contributed by atoms with van der Waals surface area (Å²) in [5.41, 5.74) is 0.571. The molecule has 0 saturated heterocycles. The van der Waals surface area contributed by atoms with Crippen LogP contribution in [-0.4, -0.2) is 12.1 Å². The molecule has 112 valence electrons. The molecule has 0 amide bonds. The summed E-state index contributed by atoms with van der Waals surface area (Å²) in [6.07, 6.45) is 12.9. The Bertz CT molecular complexity index is 269. The molecule has 0 spiro atoms. The fourth-order valence-electron chi connectivity index (χ4n) is 4.50. The lowest BCUT2D eigenvalue weighted by Crippen LogP contribution is -2.44. The second-order valence-corrected chi connectivity index (χ2v) is 8.48. The third-order valence-electron chi connectivity index (χ3n) is 5.26. The Hall–Kier alpha value is -0.0400. The van der Waals surface area contributed by atoms with Gasteiger partial charge in [-0.2, -0.15) is 0 Å². The third kappa shape index (κ3) is 5.10. The molecule has 1 N–H and O–H groups in total. The van der Waals surface area contributed by atoms with Crippen LogP contribution in [0.25, 0.3) is 0 Å². The van der Waals surface area contributed by atoms with Gasteiger partial charge in [0.2, 0.25) is 0 Å². The lowest BCUT2D eigenvalue weighted by atomic mass is 9.74. The standard InChI is InChI=1S/C18H35N/c1-14(2)11-15-7-5-8-16(12-15)19-17-9-6-10-18(3,4)13-17/h14-17,19H,5-13H2,1-4H3. The van der Waals surface area contributed by atoms with Crippen molar-refractivity contribution >= 4 is 0 Å². The van der Waals surface area contributed by atoms with E-state index in [4.69, 9.17) is 0 Å². The van der Waals surface area contributed by atoms with Crippen LogP contribution in [0.4, 0.5) is 0 Å². The number of rotatable bonds is 4. The van der Waals surface area contributed by atoms with Crippen LogP contribution in [-0.2, 0) is 0 Å². The molecule has 2 fully saturated rings. The molecule has 19 heavy (non-hydrogen) atoms. The van der Waals surface area contributed by atoms with Gasteiger partial charge >= 0.3 is 0 Å². The summed E-state index contributed by atoms with van der Waals surface area (Å²) < 4.78 is 0. The van der Waals surface area contributed by atoms with E-state index < -0.39 is 0 Å². The van der Waals surface area contributed by atoms with Gasteiger partial charge in [-0.15, -0.1) is 0 Å². The molecule has 0 heterocycles. The summed E-state index contributed by atoms with van der Waals surface area (Å²) >= 11 is 0. The maximum atomic E-state index is 4.02. The van der Waals surface area contributed by atoms with Gasteiger partial charge < -0.3 is 5.32 Å². The van der Waals surface area contributed by atoms with Crippen LogP contribution in [0.5, 0.6) is 0 Å². The van der Waals surface area contributed by atoms with Gasteiger partial charge in [-0.05, 0) is 55.8 Å². The van der Waals surface area contributed by atoms with E-state index in [0.717, 1.165) is 23.9 Å². The van der Waals surface area contributed by atoms with E-state index in [2.05, 4.69) is 33.0 Å². The molecule has 2 saturated carbocycles. The molecule has 1 heteroatoms. The van der Waals surface area contributed by atoms with E-state index in [0.29, 0.717) is 5.41 Å². The predicted octanol–water partition coefficient (Wildman–Crippen LogP) is 5.15. The highest BCUT2D eigenvalue weighted by molar-refractivity contribution is 4.87. The zero-order valence-electron chi connectivity index (χ0n) is 13.7. The molecule has 0 aromatic carbocycles. The summed E-state index contributed by atoms with van der Waals surface area (Å²) in [5, 5.41) is 4.02. The topological polar surface area (TPSA) is 12.0 Å². The molecule has 0 aromatic rings. The lowest BCUT2D eigenvalue weighted by Gasteiger charge is -2.39. The van der Waals surface area contributed by atoms with Gasteiger partial charge in [-0.25, -0.2) is 0 Å². The Balaban J connectivity index is 1.78. The highest BCUT2D eigenvalue weighted by Gasteiger charge is 2.30. The zero-order valence-corrected chi connectivity index (χ0v) is 13.7. The first-order valence-electron chi connectivity index (χ1n) is 8.71. The van der Waals surface area contributed by atoms with Crippen molar-refractivity contribution in [3.05, 3.63) is 0 Å². The summed E-state index contributed by atoms with van der Waals surface area (Å²) in [7, 11) is 0. The molecule has 3 unspecified atom stereocenters. The molecule has 1 nitrogen and oxygen atoms in total. The van der Waals surface area contributed by atoms with E-state index in [1.54, 1.807) is 0 Å². The lowest BCUT2D eigenvalue weighted by molar-refractivity contribution is 0.167. The number of nitrogens with one attached hydrogen (secondary N) is 1. The van der Waals surface area contributed by atoms with Crippen LogP contribution in [0, 0.1) is 17.3 Å². The van der Waals surface area contributed by atoms with Gasteiger partial charge in [-0.3, -0.25) is 0 Å². The normalized spacial score (nSPS) is 35.5. The minimum atomic E-state index is 0.571. The molecule has 0 bridgehead atoms. The number of hydrogen-bond donors (Lipinski definition) is 1. The highest BCUT2D eigenvalue weighted by Crippen LogP contribution is 2.36. The van der Waals surface area contributed by atoms with E-state index in [9.17, 15) is 0 Å². The van der Waals surface area contributed by atoms with E-state index in [1.165, 1.54) is 57.8 Å². The van der Waals surface area contributed by atoms with E-state index in [1.807, 2.05) is 0 Å². The smallest absolute Gasteiger partial charge is 0.00747 e. The minimum absolute atomic E-state index is 0.571. The van der Waals surface area contributed by atoms with Crippen molar-refractivity contribution in [1.82, 2.24) is 5.32 Å². The van der Waals surface area contributed by atoms with Crippen molar-refractivity contribution < 1.29 is 0 Å². The van der Waals surface area contributed by atoms with E-state index >= 15 is 0 Å². The quantitative estimate of drug-likeness (QED) is 0.741. The SMILES string of the molecule is CC(C)CC1CCCC(NC2CCCC(C)(C)C2)C1. The largest absolute Gasteiger partial charge is 0.311 e. The summed E-state index contributed by atoms with van der Waals surface area (Å²) in [6.45, 7) is 9.65. The Morgan fingerprint density at radius 2 is 1.79 bits per heavy atom. The minimum Gasteiger partial charge on any atom is -0.311 e. The van der Waals surface area contributed by atoms with Crippen LogP contribution in [0.1, 0.15) is 85.5 Å². The van der Waals surface area contributed by atoms with Crippen molar-refractivity contribution in [2.75, 3.05) is 0 Å². The predicted molar refractivity (Wildman–Crippen MR) is 84.4 cm³/mol. The van der Waals surface area contributed by atoms with Crippen molar-refractivity contribution in [2.24, 2.45) is 17.3 Å². The van der Waals surface area contributed by atoms with Crippen LogP contribution in [0.3, 0.4) is 0 Å². The first kappa shape index (κ1) is 15.4. The second-order valence-electron chi connectivity index (χ2n) is 8.48. The van der Waals surface area contributed by atoms with Crippen molar-refractivity contribution in [3.63, 3.8) is 0 Å². The van der Waals surface area contributed by atoms with Crippen molar-refractivity contribution in [1.29, 1.82) is 0 Å². The fourth-order valence-corrected chi connectivity index (χ4v) is 4.50. The van der Waals surface area contributed by atoms with Crippen molar-refractivity contribution in [2.45, 2.75) is 97.6 Å². The van der Waals surface area contributed by atoms with Gasteiger partial charge in [0.1, 0.15) is 0 Å². The average Bonchev–Trinajstić information content (AvgIpc) is 2.26. The Labute approximate surface area is 120 Å². The molecule has 2 aliphatic carbocycles. The molecule has 2 aliphatic rings. The first-order valence-corrected chi connectivity index (χ1v) is 8.71. The summed E-state index contributed by atoms with van der Waals surface area (Å²) in [6, 6.07) is 1.61. The molecule has 2 rings (SSSR count). The van der Waals surface area contributed by atoms with Gasteiger partial charge in [0.25, 0.3) is 0 Å². The maximum Gasteiger partial charge on any atom is 0.00747 e. The second kappa shape index (κ2) is 6.61. The van der Waals surface area contributed by atoms with Gasteiger partial charge in [0.15, 0.2) is 0 Å². The van der Waals surface area contributed by atoms with E-state index in [-0.39, 0.29) is 0 Å². The Morgan fingerprint density at radius 3 is 2.47 bits per heavy atom. The molecular formula is C18H35N. The van der Waals surface area contributed by atoms with Gasteiger partial charge in [0.05, 0.1) is 0 Å². The highest BCUT2D eigenvalue weighted by atomic mass is 15.0. The van der Waals surface area contributed by atoms with Gasteiger partial charge in [0, 0.05) is 12.1 Å². The molecular weight excluding hydrogens is 230 g/mol. The average molecular weight is 265 g/mol.